The second-order valence-corrected chi connectivity index (χ2v) is 8.98. The number of benzene rings is 2. The van der Waals surface area contributed by atoms with Crippen molar-refractivity contribution in [3.8, 4) is 5.75 Å². The standard InChI is InChI=1S/C22H22N2O6S/c1-29-17-10-12-18(13-11-17)31(27,28)23-14-6-2-3-8-19(23)22(25)24(26)21-15-16-7-4-5-9-20(16)30-21/h2,4-7,9-13,15,19,26H,3,8,14H2,1H3. The number of rotatable bonds is 5. The van der Waals surface area contributed by atoms with Crippen molar-refractivity contribution in [3.63, 3.8) is 0 Å². The lowest BCUT2D eigenvalue weighted by Gasteiger charge is -2.29. The lowest BCUT2D eigenvalue weighted by molar-refractivity contribution is -0.127. The highest BCUT2D eigenvalue weighted by Gasteiger charge is 2.38. The molecule has 1 aromatic heterocycles. The summed E-state index contributed by atoms with van der Waals surface area (Å²) in [6, 6.07) is 13.5. The Hall–Kier alpha value is -3.14. The Morgan fingerprint density at radius 2 is 1.90 bits per heavy atom. The summed E-state index contributed by atoms with van der Waals surface area (Å²) >= 11 is 0. The van der Waals surface area contributed by atoms with Crippen molar-refractivity contribution in [2.24, 2.45) is 0 Å². The summed E-state index contributed by atoms with van der Waals surface area (Å²) in [5.41, 5.74) is 0.509. The SMILES string of the molecule is COc1ccc(S(=O)(=O)N2CC=CCCC2C(=O)N(O)c2cc3ccccc3o2)cc1. The zero-order valence-corrected chi connectivity index (χ0v) is 17.7. The molecule has 9 heteroatoms. The molecule has 4 rings (SSSR count). The highest BCUT2D eigenvalue weighted by Crippen LogP contribution is 2.29. The van der Waals surface area contributed by atoms with Gasteiger partial charge in [0.15, 0.2) is 0 Å². The Morgan fingerprint density at radius 3 is 2.61 bits per heavy atom. The van der Waals surface area contributed by atoms with Crippen LogP contribution in [0, 0.1) is 0 Å². The van der Waals surface area contributed by atoms with Crippen LogP contribution in [0.25, 0.3) is 11.0 Å². The van der Waals surface area contributed by atoms with Crippen LogP contribution in [0.3, 0.4) is 0 Å². The lowest BCUT2D eigenvalue weighted by Crippen LogP contribution is -2.49. The average Bonchev–Trinajstić information content (AvgIpc) is 3.06. The Bertz CT molecular complexity index is 1180. The molecule has 8 nitrogen and oxygen atoms in total. The molecule has 2 aromatic carbocycles. The average molecular weight is 442 g/mol. The minimum atomic E-state index is -4.01. The highest BCUT2D eigenvalue weighted by molar-refractivity contribution is 7.89. The lowest BCUT2D eigenvalue weighted by atomic mass is 10.1. The van der Waals surface area contributed by atoms with Gasteiger partial charge in [-0.3, -0.25) is 10.0 Å². The van der Waals surface area contributed by atoms with Gasteiger partial charge >= 0.3 is 0 Å². The number of nitrogens with zero attached hydrogens (tertiary/aromatic N) is 2. The number of furan rings is 1. The second kappa shape index (κ2) is 8.54. The maximum Gasteiger partial charge on any atom is 0.271 e. The number of carbonyl (C=O) groups is 1. The van der Waals surface area contributed by atoms with E-state index >= 15 is 0 Å². The molecule has 2 heterocycles. The van der Waals surface area contributed by atoms with Gasteiger partial charge in [0.2, 0.25) is 15.9 Å². The van der Waals surface area contributed by atoms with Crippen molar-refractivity contribution >= 4 is 32.8 Å². The minimum Gasteiger partial charge on any atom is -0.497 e. The Kier molecular flexibility index (Phi) is 5.81. The number of methoxy groups -OCH3 is 1. The molecular weight excluding hydrogens is 420 g/mol. The third-order valence-corrected chi connectivity index (χ3v) is 7.08. The fraction of sp³-hybridized carbons (Fsp3) is 0.227. The Labute approximate surface area is 179 Å². The van der Waals surface area contributed by atoms with E-state index in [2.05, 4.69) is 0 Å². The predicted octanol–water partition coefficient (Wildman–Crippen LogP) is 3.57. The largest absolute Gasteiger partial charge is 0.497 e. The molecule has 1 N–H and O–H groups in total. The summed E-state index contributed by atoms with van der Waals surface area (Å²) in [6.07, 6.45) is 4.25. The zero-order valence-electron chi connectivity index (χ0n) is 16.8. The van der Waals surface area contributed by atoms with Crippen LogP contribution >= 0.6 is 0 Å². The van der Waals surface area contributed by atoms with Gasteiger partial charge in [-0.05, 0) is 43.2 Å². The summed E-state index contributed by atoms with van der Waals surface area (Å²) in [6.45, 7) is 0.0126. The molecular formula is C22H22N2O6S. The fourth-order valence-corrected chi connectivity index (χ4v) is 5.10. The predicted molar refractivity (Wildman–Crippen MR) is 115 cm³/mol. The topological polar surface area (TPSA) is 100 Å². The maximum absolute atomic E-state index is 13.3. The third kappa shape index (κ3) is 4.07. The van der Waals surface area contributed by atoms with E-state index in [1.165, 1.54) is 25.3 Å². The molecule has 1 aliphatic heterocycles. The van der Waals surface area contributed by atoms with E-state index in [1.54, 1.807) is 36.4 Å². The van der Waals surface area contributed by atoms with Crippen LogP contribution in [0.5, 0.6) is 5.75 Å². The minimum absolute atomic E-state index is 0.0126. The number of ether oxygens (including phenoxy) is 1. The number of para-hydroxylation sites is 1. The maximum atomic E-state index is 13.3. The van der Waals surface area contributed by atoms with E-state index in [4.69, 9.17) is 9.15 Å². The summed E-state index contributed by atoms with van der Waals surface area (Å²) < 4.78 is 38.4. The van der Waals surface area contributed by atoms with E-state index in [0.717, 1.165) is 9.69 Å². The fourth-order valence-electron chi connectivity index (χ4n) is 3.54. The molecule has 1 atom stereocenters. The van der Waals surface area contributed by atoms with Crippen LogP contribution in [-0.4, -0.2) is 43.5 Å². The number of allylic oxidation sites excluding steroid dienone is 1. The van der Waals surface area contributed by atoms with E-state index in [0.29, 0.717) is 22.8 Å². The number of amides is 1. The molecule has 0 saturated heterocycles. The van der Waals surface area contributed by atoms with Gasteiger partial charge in [0.25, 0.3) is 5.91 Å². The molecule has 1 aliphatic rings. The third-order valence-electron chi connectivity index (χ3n) is 5.19. The molecule has 1 amide bonds. The van der Waals surface area contributed by atoms with Crippen LogP contribution in [0.15, 0.2) is 76.1 Å². The van der Waals surface area contributed by atoms with Crippen molar-refractivity contribution in [1.29, 1.82) is 0 Å². The Balaban J connectivity index is 1.66. The number of sulfonamides is 1. The summed E-state index contributed by atoms with van der Waals surface area (Å²) in [5.74, 6) is -0.321. The van der Waals surface area contributed by atoms with Gasteiger partial charge < -0.3 is 9.15 Å². The van der Waals surface area contributed by atoms with E-state index < -0.39 is 22.0 Å². The van der Waals surface area contributed by atoms with Crippen LogP contribution < -0.4 is 9.80 Å². The van der Waals surface area contributed by atoms with E-state index in [-0.39, 0.29) is 23.7 Å². The van der Waals surface area contributed by atoms with Crippen LogP contribution in [-0.2, 0) is 14.8 Å². The highest BCUT2D eigenvalue weighted by atomic mass is 32.2. The van der Waals surface area contributed by atoms with Crippen LogP contribution in [0.2, 0.25) is 0 Å². The molecule has 1 unspecified atom stereocenters. The number of carbonyl (C=O) groups excluding carboxylic acids is 1. The first kappa shape index (κ1) is 21.1. The molecule has 0 bridgehead atoms. The summed E-state index contributed by atoms with van der Waals surface area (Å²) in [5, 5.41) is 11.7. The molecule has 0 saturated carbocycles. The van der Waals surface area contributed by atoms with Crippen molar-refractivity contribution in [1.82, 2.24) is 4.31 Å². The Morgan fingerprint density at radius 1 is 1.16 bits per heavy atom. The van der Waals surface area contributed by atoms with Gasteiger partial charge in [-0.2, -0.15) is 9.37 Å². The number of hydroxylamine groups is 1. The number of anilines is 1. The molecule has 31 heavy (non-hydrogen) atoms. The molecule has 0 spiro atoms. The monoisotopic (exact) mass is 442 g/mol. The normalized spacial score (nSPS) is 17.4. The zero-order chi connectivity index (χ0) is 22.0. The van der Waals surface area contributed by atoms with Gasteiger partial charge in [-0.1, -0.05) is 30.4 Å². The molecule has 3 aromatic rings. The van der Waals surface area contributed by atoms with Gasteiger partial charge in [0.1, 0.15) is 17.4 Å². The molecule has 0 radical (unpaired) electrons. The first-order chi connectivity index (χ1) is 14.9. The smallest absolute Gasteiger partial charge is 0.271 e. The van der Waals surface area contributed by atoms with Crippen molar-refractivity contribution in [2.75, 3.05) is 18.7 Å². The van der Waals surface area contributed by atoms with Gasteiger partial charge in [-0.15, -0.1) is 0 Å². The molecule has 0 fully saturated rings. The van der Waals surface area contributed by atoms with Crippen molar-refractivity contribution in [3.05, 3.63) is 66.7 Å². The summed E-state index contributed by atoms with van der Waals surface area (Å²) in [7, 11) is -2.52. The van der Waals surface area contributed by atoms with Crippen LogP contribution in [0.1, 0.15) is 12.8 Å². The van der Waals surface area contributed by atoms with E-state index in [9.17, 15) is 18.4 Å². The quantitative estimate of drug-likeness (QED) is 0.368. The second-order valence-electron chi connectivity index (χ2n) is 7.09. The van der Waals surface area contributed by atoms with Crippen molar-refractivity contribution < 1.29 is 27.6 Å². The number of hydrogen-bond donors (Lipinski definition) is 1. The molecule has 0 aliphatic carbocycles. The first-order valence-corrected chi connectivity index (χ1v) is 11.2. The number of fused-ring (bicyclic) bond motifs is 1. The molecule has 162 valence electrons. The van der Waals surface area contributed by atoms with Gasteiger partial charge in [-0.25, -0.2) is 8.42 Å². The number of hydrogen-bond acceptors (Lipinski definition) is 6. The van der Waals surface area contributed by atoms with E-state index in [1.807, 2.05) is 12.1 Å². The van der Waals surface area contributed by atoms with Crippen molar-refractivity contribution in [2.45, 2.75) is 23.8 Å². The van der Waals surface area contributed by atoms with Gasteiger partial charge in [0.05, 0.1) is 12.0 Å². The first-order valence-electron chi connectivity index (χ1n) is 9.74. The summed E-state index contributed by atoms with van der Waals surface area (Å²) in [4.78, 5) is 13.2. The van der Waals surface area contributed by atoms with Gasteiger partial charge in [0, 0.05) is 18.0 Å². The van der Waals surface area contributed by atoms with Crippen LogP contribution in [0.4, 0.5) is 5.88 Å².